The van der Waals surface area contributed by atoms with Gasteiger partial charge in [0.15, 0.2) is 0 Å². The molecule has 1 aliphatic rings. The maximum atomic E-state index is 11.9. The zero-order chi connectivity index (χ0) is 18.7. The van der Waals surface area contributed by atoms with Gasteiger partial charge >= 0.3 is 6.09 Å². The number of anilines is 1. The van der Waals surface area contributed by atoms with Crippen LogP contribution in [0.3, 0.4) is 0 Å². The second kappa shape index (κ2) is 7.58. The van der Waals surface area contributed by atoms with E-state index >= 15 is 0 Å². The van der Waals surface area contributed by atoms with Crippen molar-refractivity contribution in [1.29, 1.82) is 0 Å². The standard InChI is InChI=1S/C19H32N4O2/c1-7-19(5,6)15-12-16(21-13-20-15)23-10-8-14(9-11-23)22-17(24)25-18(2,3)4/h12-14H,7-11H2,1-6H3,(H,22,24). The Morgan fingerprint density at radius 1 is 1.24 bits per heavy atom. The molecule has 6 heteroatoms. The van der Waals surface area contributed by atoms with Crippen LogP contribution in [-0.2, 0) is 10.2 Å². The lowest BCUT2D eigenvalue weighted by Gasteiger charge is -2.34. The first-order chi connectivity index (χ1) is 11.6. The van der Waals surface area contributed by atoms with Crippen LogP contribution >= 0.6 is 0 Å². The van der Waals surface area contributed by atoms with Crippen LogP contribution in [0.2, 0.25) is 0 Å². The van der Waals surface area contributed by atoms with Gasteiger partial charge in [0.25, 0.3) is 0 Å². The van der Waals surface area contributed by atoms with Crippen molar-refractivity contribution in [1.82, 2.24) is 15.3 Å². The fraction of sp³-hybridized carbons (Fsp3) is 0.737. The van der Waals surface area contributed by atoms with Crippen molar-refractivity contribution in [3.8, 4) is 0 Å². The number of rotatable bonds is 4. The van der Waals surface area contributed by atoms with E-state index in [-0.39, 0.29) is 17.6 Å². The van der Waals surface area contributed by atoms with E-state index in [1.807, 2.05) is 20.8 Å². The number of nitrogens with zero attached hydrogens (tertiary/aromatic N) is 3. The van der Waals surface area contributed by atoms with Crippen LogP contribution in [0.4, 0.5) is 10.6 Å². The van der Waals surface area contributed by atoms with Gasteiger partial charge in [-0.3, -0.25) is 0 Å². The molecule has 1 amide bonds. The molecule has 0 atom stereocenters. The van der Waals surface area contributed by atoms with Crippen LogP contribution in [-0.4, -0.2) is 40.8 Å². The number of aromatic nitrogens is 2. The molecule has 1 fully saturated rings. The Labute approximate surface area is 151 Å². The summed E-state index contributed by atoms with van der Waals surface area (Å²) in [6, 6.07) is 2.25. The Hall–Kier alpha value is -1.85. The number of piperidine rings is 1. The van der Waals surface area contributed by atoms with Crippen LogP contribution in [0.1, 0.15) is 66.5 Å². The summed E-state index contributed by atoms with van der Waals surface area (Å²) in [7, 11) is 0. The number of amides is 1. The van der Waals surface area contributed by atoms with Crippen molar-refractivity contribution in [2.45, 2.75) is 77.9 Å². The van der Waals surface area contributed by atoms with Crippen molar-refractivity contribution in [3.05, 3.63) is 18.1 Å². The normalized spacial score (nSPS) is 16.6. The summed E-state index contributed by atoms with van der Waals surface area (Å²) in [6.07, 6.45) is 4.13. The SMILES string of the molecule is CCC(C)(C)c1cc(N2CCC(NC(=O)OC(C)(C)C)CC2)ncn1. The molecular weight excluding hydrogens is 316 g/mol. The number of ether oxygens (including phenoxy) is 1. The lowest BCUT2D eigenvalue weighted by molar-refractivity contribution is 0.0497. The molecule has 0 bridgehead atoms. The monoisotopic (exact) mass is 348 g/mol. The average molecular weight is 348 g/mol. The molecular formula is C19H32N4O2. The smallest absolute Gasteiger partial charge is 0.407 e. The highest BCUT2D eigenvalue weighted by atomic mass is 16.6. The molecule has 0 unspecified atom stereocenters. The Bertz CT molecular complexity index is 587. The minimum Gasteiger partial charge on any atom is -0.444 e. The summed E-state index contributed by atoms with van der Waals surface area (Å²) in [4.78, 5) is 23.1. The van der Waals surface area contributed by atoms with Crippen molar-refractivity contribution in [3.63, 3.8) is 0 Å². The molecule has 25 heavy (non-hydrogen) atoms. The molecule has 2 rings (SSSR count). The van der Waals surface area contributed by atoms with Gasteiger partial charge in [-0.15, -0.1) is 0 Å². The molecule has 2 heterocycles. The molecule has 140 valence electrons. The number of carbonyl (C=O) groups is 1. The lowest BCUT2D eigenvalue weighted by atomic mass is 9.86. The number of hydrogen-bond acceptors (Lipinski definition) is 5. The summed E-state index contributed by atoms with van der Waals surface area (Å²) >= 11 is 0. The quantitative estimate of drug-likeness (QED) is 0.899. The third kappa shape index (κ3) is 5.58. The van der Waals surface area contributed by atoms with Gasteiger partial charge in [0, 0.05) is 30.6 Å². The van der Waals surface area contributed by atoms with Crippen LogP contribution in [0, 0.1) is 0 Å². The van der Waals surface area contributed by atoms with E-state index < -0.39 is 5.60 Å². The highest BCUT2D eigenvalue weighted by Gasteiger charge is 2.26. The third-order valence-corrected chi connectivity index (χ3v) is 4.77. The predicted molar refractivity (Wildman–Crippen MR) is 100.0 cm³/mol. The number of hydrogen-bond donors (Lipinski definition) is 1. The Morgan fingerprint density at radius 3 is 2.44 bits per heavy atom. The third-order valence-electron chi connectivity index (χ3n) is 4.77. The van der Waals surface area contributed by atoms with Crippen molar-refractivity contribution in [2.75, 3.05) is 18.0 Å². The zero-order valence-corrected chi connectivity index (χ0v) is 16.4. The second-order valence-corrected chi connectivity index (χ2v) is 8.41. The topological polar surface area (TPSA) is 67.4 Å². The molecule has 1 aliphatic heterocycles. The fourth-order valence-corrected chi connectivity index (χ4v) is 2.80. The number of alkyl carbamates (subject to hydrolysis) is 1. The first kappa shape index (κ1) is 19.5. The molecule has 1 aromatic heterocycles. The van der Waals surface area contributed by atoms with E-state index in [2.05, 4.69) is 47.0 Å². The molecule has 1 N–H and O–H groups in total. The Morgan fingerprint density at radius 2 is 1.88 bits per heavy atom. The van der Waals surface area contributed by atoms with E-state index in [0.717, 1.165) is 43.9 Å². The van der Waals surface area contributed by atoms with Gasteiger partial charge in [-0.2, -0.15) is 0 Å². The maximum Gasteiger partial charge on any atom is 0.407 e. The van der Waals surface area contributed by atoms with Crippen molar-refractivity contribution >= 4 is 11.9 Å². The first-order valence-electron chi connectivity index (χ1n) is 9.18. The fourth-order valence-electron chi connectivity index (χ4n) is 2.80. The first-order valence-corrected chi connectivity index (χ1v) is 9.18. The molecule has 0 saturated carbocycles. The highest BCUT2D eigenvalue weighted by molar-refractivity contribution is 5.68. The van der Waals surface area contributed by atoms with Gasteiger partial charge < -0.3 is 15.0 Å². The van der Waals surface area contributed by atoms with Crippen LogP contribution in [0.15, 0.2) is 12.4 Å². The van der Waals surface area contributed by atoms with Crippen LogP contribution in [0.25, 0.3) is 0 Å². The molecule has 0 radical (unpaired) electrons. The van der Waals surface area contributed by atoms with Gasteiger partial charge in [0.05, 0.1) is 5.69 Å². The van der Waals surface area contributed by atoms with E-state index in [4.69, 9.17) is 4.74 Å². The minimum atomic E-state index is -0.464. The average Bonchev–Trinajstić information content (AvgIpc) is 2.54. The van der Waals surface area contributed by atoms with Crippen LogP contribution in [0.5, 0.6) is 0 Å². The van der Waals surface area contributed by atoms with Gasteiger partial charge in [0.1, 0.15) is 17.7 Å². The molecule has 1 aromatic rings. The van der Waals surface area contributed by atoms with E-state index in [1.54, 1.807) is 6.33 Å². The van der Waals surface area contributed by atoms with Gasteiger partial charge in [-0.1, -0.05) is 20.8 Å². The summed E-state index contributed by atoms with van der Waals surface area (Å²) in [5.41, 5.74) is 0.664. The van der Waals surface area contributed by atoms with Gasteiger partial charge in [0.2, 0.25) is 0 Å². The summed E-state index contributed by atoms with van der Waals surface area (Å²) in [5.74, 6) is 0.974. The number of nitrogens with one attached hydrogen (secondary N) is 1. The van der Waals surface area contributed by atoms with Crippen molar-refractivity contribution < 1.29 is 9.53 Å². The van der Waals surface area contributed by atoms with E-state index in [1.165, 1.54) is 0 Å². The van der Waals surface area contributed by atoms with Gasteiger partial charge in [-0.25, -0.2) is 14.8 Å². The second-order valence-electron chi connectivity index (χ2n) is 8.41. The molecule has 1 saturated heterocycles. The van der Waals surface area contributed by atoms with Crippen molar-refractivity contribution in [2.24, 2.45) is 0 Å². The summed E-state index contributed by atoms with van der Waals surface area (Å²) in [6.45, 7) is 13.9. The predicted octanol–water partition coefficient (Wildman–Crippen LogP) is 3.66. The number of carbonyl (C=O) groups excluding carboxylic acids is 1. The largest absolute Gasteiger partial charge is 0.444 e. The lowest BCUT2D eigenvalue weighted by Crippen LogP contribution is -2.46. The summed E-state index contributed by atoms with van der Waals surface area (Å²) < 4.78 is 5.33. The maximum absolute atomic E-state index is 11.9. The molecule has 0 aliphatic carbocycles. The van der Waals surface area contributed by atoms with E-state index in [0.29, 0.717) is 0 Å². The van der Waals surface area contributed by atoms with E-state index in [9.17, 15) is 4.79 Å². The zero-order valence-electron chi connectivity index (χ0n) is 16.4. The highest BCUT2D eigenvalue weighted by Crippen LogP contribution is 2.27. The molecule has 0 aromatic carbocycles. The molecule has 6 nitrogen and oxygen atoms in total. The Kier molecular flexibility index (Phi) is 5.91. The Balaban J connectivity index is 1.92. The van der Waals surface area contributed by atoms with Crippen LogP contribution < -0.4 is 10.2 Å². The minimum absolute atomic E-state index is 0.0499. The molecule has 0 spiro atoms. The van der Waals surface area contributed by atoms with Gasteiger partial charge in [-0.05, 0) is 40.0 Å². The summed E-state index contributed by atoms with van der Waals surface area (Å²) in [5, 5.41) is 2.97.